The summed E-state index contributed by atoms with van der Waals surface area (Å²) in [6.45, 7) is 6.19. The molecule has 0 saturated carbocycles. The van der Waals surface area contributed by atoms with Crippen LogP contribution in [0.15, 0.2) is 42.5 Å². The molecule has 0 aromatic heterocycles. The predicted molar refractivity (Wildman–Crippen MR) is 103 cm³/mol. The van der Waals surface area contributed by atoms with Crippen LogP contribution in [0.1, 0.15) is 67.1 Å². The molecular weight excluding hydrogens is 359 g/mol. The molecule has 2 aliphatic rings. The largest absolute Gasteiger partial charge is 0.487 e. The molecule has 28 heavy (non-hydrogen) atoms. The Hall–Kier alpha value is -2.40. The highest BCUT2D eigenvalue weighted by atomic mass is 19.1. The third-order valence-corrected chi connectivity index (χ3v) is 6.17. The minimum atomic E-state index is -0.962. The second kappa shape index (κ2) is 6.89. The Balaban J connectivity index is 1.74. The maximum atomic E-state index is 13.4. The summed E-state index contributed by atoms with van der Waals surface area (Å²) in [5.74, 6) is -0.328. The van der Waals surface area contributed by atoms with Crippen molar-refractivity contribution in [3.63, 3.8) is 0 Å². The molecule has 2 aromatic carbocycles. The fourth-order valence-electron chi connectivity index (χ4n) is 4.66. The lowest BCUT2D eigenvalue weighted by molar-refractivity contribution is -0.159. The number of hydrogen-bond acceptors (Lipinski definition) is 3. The summed E-state index contributed by atoms with van der Waals surface area (Å²) in [5.41, 5.74) is 1.64. The van der Waals surface area contributed by atoms with Crippen molar-refractivity contribution in [1.82, 2.24) is 0 Å². The first kappa shape index (κ1) is 18.9. The number of rotatable bonds is 3. The standard InChI is InChI=1S/C23H25FO4/c1-4-19-16(13-5-8-15(24)9-6-13)12-18-21(27-19)17-11-14(22(25)26)7-10-20(17)28-23(18,2)3/h5-11,16,18-19,21H,4,12H2,1-3H3,(H,25,26)/t16?,18-,19-,21+/m0/s1. The number of ether oxygens (including phenoxy) is 2. The monoisotopic (exact) mass is 384 g/mol. The normalized spacial score (nSPS) is 28.0. The Morgan fingerprint density at radius 1 is 1.21 bits per heavy atom. The quantitative estimate of drug-likeness (QED) is 0.777. The minimum absolute atomic E-state index is 0.0260. The molecule has 2 aliphatic heterocycles. The molecule has 1 N–H and O–H groups in total. The molecule has 0 spiro atoms. The molecule has 5 heteroatoms. The first-order chi connectivity index (χ1) is 13.3. The van der Waals surface area contributed by atoms with Crippen LogP contribution in [0, 0.1) is 11.7 Å². The number of carboxylic acids is 1. The van der Waals surface area contributed by atoms with Crippen molar-refractivity contribution in [3.8, 4) is 5.75 Å². The lowest BCUT2D eigenvalue weighted by Crippen LogP contribution is -2.50. The molecule has 148 valence electrons. The molecule has 0 aliphatic carbocycles. The third kappa shape index (κ3) is 3.18. The van der Waals surface area contributed by atoms with E-state index in [1.54, 1.807) is 18.2 Å². The van der Waals surface area contributed by atoms with E-state index in [4.69, 9.17) is 9.47 Å². The Morgan fingerprint density at radius 2 is 1.93 bits per heavy atom. The van der Waals surface area contributed by atoms with Gasteiger partial charge in [0.1, 0.15) is 17.2 Å². The van der Waals surface area contributed by atoms with Crippen LogP contribution < -0.4 is 4.74 Å². The summed E-state index contributed by atoms with van der Waals surface area (Å²) in [6, 6.07) is 11.6. The second-order valence-corrected chi connectivity index (χ2v) is 8.27. The second-order valence-electron chi connectivity index (χ2n) is 8.27. The zero-order valence-corrected chi connectivity index (χ0v) is 16.3. The molecular formula is C23H25FO4. The van der Waals surface area contributed by atoms with Gasteiger partial charge in [0.25, 0.3) is 0 Å². The Labute approximate surface area is 164 Å². The van der Waals surface area contributed by atoms with Gasteiger partial charge in [0.15, 0.2) is 0 Å². The molecule has 4 rings (SSSR count). The van der Waals surface area contributed by atoms with E-state index in [9.17, 15) is 14.3 Å². The summed E-state index contributed by atoms with van der Waals surface area (Å²) < 4.78 is 26.2. The van der Waals surface area contributed by atoms with Crippen LogP contribution in [0.2, 0.25) is 0 Å². The molecule has 1 unspecified atom stereocenters. The number of halogens is 1. The van der Waals surface area contributed by atoms with E-state index in [2.05, 4.69) is 20.8 Å². The van der Waals surface area contributed by atoms with Gasteiger partial charge < -0.3 is 14.6 Å². The number of carboxylic acid groups (broad SMARTS) is 1. The van der Waals surface area contributed by atoms with E-state index >= 15 is 0 Å². The topological polar surface area (TPSA) is 55.8 Å². The zero-order chi connectivity index (χ0) is 20.1. The van der Waals surface area contributed by atoms with Crippen LogP contribution in [0.25, 0.3) is 0 Å². The van der Waals surface area contributed by atoms with E-state index in [1.165, 1.54) is 12.1 Å². The number of aromatic carboxylic acids is 1. The van der Waals surface area contributed by atoms with Gasteiger partial charge in [0, 0.05) is 17.4 Å². The molecule has 1 fully saturated rings. The van der Waals surface area contributed by atoms with Crippen molar-refractivity contribution < 1.29 is 23.8 Å². The van der Waals surface area contributed by atoms with E-state index in [0.717, 1.165) is 24.0 Å². The van der Waals surface area contributed by atoms with Gasteiger partial charge in [-0.25, -0.2) is 9.18 Å². The first-order valence-electron chi connectivity index (χ1n) is 9.77. The van der Waals surface area contributed by atoms with Crippen LogP contribution >= 0.6 is 0 Å². The lowest BCUT2D eigenvalue weighted by Gasteiger charge is -2.51. The van der Waals surface area contributed by atoms with Gasteiger partial charge in [0.05, 0.1) is 17.8 Å². The van der Waals surface area contributed by atoms with Crippen molar-refractivity contribution in [2.45, 2.75) is 57.3 Å². The maximum absolute atomic E-state index is 13.4. The molecule has 2 heterocycles. The van der Waals surface area contributed by atoms with Crippen LogP contribution in [-0.4, -0.2) is 22.8 Å². The number of fused-ring (bicyclic) bond motifs is 3. The summed E-state index contributed by atoms with van der Waals surface area (Å²) >= 11 is 0. The Kier molecular flexibility index (Phi) is 4.66. The summed E-state index contributed by atoms with van der Waals surface area (Å²) in [5, 5.41) is 9.38. The summed E-state index contributed by atoms with van der Waals surface area (Å²) in [4.78, 5) is 11.4. The Morgan fingerprint density at radius 3 is 2.57 bits per heavy atom. The number of hydrogen-bond donors (Lipinski definition) is 1. The van der Waals surface area contributed by atoms with Gasteiger partial charge >= 0.3 is 5.97 Å². The minimum Gasteiger partial charge on any atom is -0.487 e. The third-order valence-electron chi connectivity index (χ3n) is 6.17. The molecule has 4 nitrogen and oxygen atoms in total. The van der Waals surface area contributed by atoms with Crippen molar-refractivity contribution in [2.75, 3.05) is 0 Å². The first-order valence-corrected chi connectivity index (χ1v) is 9.77. The number of benzene rings is 2. The maximum Gasteiger partial charge on any atom is 0.335 e. The van der Waals surface area contributed by atoms with E-state index in [0.29, 0.717) is 5.75 Å². The van der Waals surface area contributed by atoms with Crippen molar-refractivity contribution in [1.29, 1.82) is 0 Å². The van der Waals surface area contributed by atoms with Crippen molar-refractivity contribution in [3.05, 3.63) is 65.0 Å². The van der Waals surface area contributed by atoms with Gasteiger partial charge in [-0.15, -0.1) is 0 Å². The number of carbonyl (C=O) groups is 1. The van der Waals surface area contributed by atoms with Crippen molar-refractivity contribution in [2.24, 2.45) is 5.92 Å². The van der Waals surface area contributed by atoms with E-state index < -0.39 is 11.6 Å². The van der Waals surface area contributed by atoms with E-state index in [1.807, 2.05) is 12.1 Å². The summed E-state index contributed by atoms with van der Waals surface area (Å²) in [7, 11) is 0. The van der Waals surface area contributed by atoms with Crippen LogP contribution in [-0.2, 0) is 4.74 Å². The smallest absolute Gasteiger partial charge is 0.335 e. The fourth-order valence-corrected chi connectivity index (χ4v) is 4.66. The van der Waals surface area contributed by atoms with Gasteiger partial charge in [0.2, 0.25) is 0 Å². The highest BCUT2D eigenvalue weighted by Gasteiger charge is 2.50. The van der Waals surface area contributed by atoms with Gasteiger partial charge in [-0.1, -0.05) is 19.1 Å². The SMILES string of the molecule is CC[C@@H]1O[C@@H]2c3cc(C(=O)O)ccc3OC(C)(C)[C@H]2CC1c1ccc(F)cc1. The highest BCUT2D eigenvalue weighted by molar-refractivity contribution is 5.88. The zero-order valence-electron chi connectivity index (χ0n) is 16.3. The average Bonchev–Trinajstić information content (AvgIpc) is 2.67. The van der Waals surface area contributed by atoms with Crippen LogP contribution in [0.3, 0.4) is 0 Å². The predicted octanol–water partition coefficient (Wildman–Crippen LogP) is 5.33. The molecule has 4 atom stereocenters. The van der Waals surface area contributed by atoms with Gasteiger partial charge in [-0.05, 0) is 62.6 Å². The summed E-state index contributed by atoms with van der Waals surface area (Å²) in [6.07, 6.45) is 1.40. The lowest BCUT2D eigenvalue weighted by atomic mass is 9.70. The van der Waals surface area contributed by atoms with Gasteiger partial charge in [-0.2, -0.15) is 0 Å². The fraction of sp³-hybridized carbons (Fsp3) is 0.435. The van der Waals surface area contributed by atoms with Crippen LogP contribution in [0.4, 0.5) is 4.39 Å². The molecule has 0 amide bonds. The van der Waals surface area contributed by atoms with E-state index in [-0.39, 0.29) is 35.4 Å². The van der Waals surface area contributed by atoms with Crippen molar-refractivity contribution >= 4 is 5.97 Å². The van der Waals surface area contributed by atoms with Crippen LogP contribution in [0.5, 0.6) is 5.75 Å². The highest BCUT2D eigenvalue weighted by Crippen LogP contribution is 2.54. The van der Waals surface area contributed by atoms with Gasteiger partial charge in [-0.3, -0.25) is 0 Å². The Bertz CT molecular complexity index is 890. The molecule has 0 bridgehead atoms. The molecule has 0 radical (unpaired) electrons. The molecule has 2 aromatic rings. The molecule has 1 saturated heterocycles. The average molecular weight is 384 g/mol.